The highest BCUT2D eigenvalue weighted by Crippen LogP contribution is 2.24. The van der Waals surface area contributed by atoms with Gasteiger partial charge in [-0.3, -0.25) is 9.79 Å². The van der Waals surface area contributed by atoms with Crippen molar-refractivity contribution in [3.8, 4) is 0 Å². The van der Waals surface area contributed by atoms with Crippen LogP contribution in [0.15, 0.2) is 53.5 Å². The Hall–Kier alpha value is -1.49. The van der Waals surface area contributed by atoms with E-state index in [1.807, 2.05) is 23.1 Å². The van der Waals surface area contributed by atoms with Crippen molar-refractivity contribution < 1.29 is 4.79 Å². The number of nitrogens with zero attached hydrogens (tertiary/aromatic N) is 2. The number of hydrogen-bond acceptors (Lipinski definition) is 4. The normalized spacial score (nSPS) is 13.7. The first kappa shape index (κ1) is 17.3. The molecule has 6 heteroatoms. The van der Waals surface area contributed by atoms with Gasteiger partial charge >= 0.3 is 0 Å². The molecule has 0 unspecified atom stereocenters. The highest BCUT2D eigenvalue weighted by Gasteiger charge is 2.20. The summed E-state index contributed by atoms with van der Waals surface area (Å²) in [7, 11) is 0. The molecule has 0 fully saturated rings. The Kier molecular flexibility index (Phi) is 5.82. The molecule has 2 aromatic rings. The maximum atomic E-state index is 12.7. The highest BCUT2D eigenvalue weighted by molar-refractivity contribution is 8.14. The molecule has 0 saturated heterocycles. The molecule has 3 nitrogen and oxygen atoms in total. The smallest absolute Gasteiger partial charge is 0.182 e. The first-order valence-electron chi connectivity index (χ1n) is 7.58. The van der Waals surface area contributed by atoms with E-state index in [1.54, 1.807) is 30.0 Å². The molecule has 0 spiro atoms. The Labute approximate surface area is 155 Å². The van der Waals surface area contributed by atoms with E-state index in [4.69, 9.17) is 23.2 Å². The van der Waals surface area contributed by atoms with Crippen LogP contribution in [0.25, 0.3) is 0 Å². The third-order valence-electron chi connectivity index (χ3n) is 3.63. The number of ketones is 1. The lowest BCUT2D eigenvalue weighted by Gasteiger charge is -2.23. The zero-order valence-electron chi connectivity index (χ0n) is 12.9. The Balaban J connectivity index is 1.78. The summed E-state index contributed by atoms with van der Waals surface area (Å²) in [4.78, 5) is 19.2. The van der Waals surface area contributed by atoms with Crippen molar-refractivity contribution >= 4 is 45.9 Å². The van der Waals surface area contributed by atoms with Gasteiger partial charge in [-0.1, -0.05) is 65.3 Å². The highest BCUT2D eigenvalue weighted by atomic mass is 35.5. The molecule has 0 amide bonds. The average molecular weight is 379 g/mol. The van der Waals surface area contributed by atoms with Crippen molar-refractivity contribution in [3.63, 3.8) is 0 Å². The van der Waals surface area contributed by atoms with Gasteiger partial charge in [0.05, 0.1) is 23.1 Å². The van der Waals surface area contributed by atoms with E-state index in [2.05, 4.69) is 17.1 Å². The minimum Gasteiger partial charge on any atom is -0.339 e. The first-order valence-corrected chi connectivity index (χ1v) is 9.32. The number of carbonyl (C=O) groups excluding carboxylic acids is 1. The van der Waals surface area contributed by atoms with Gasteiger partial charge in [-0.25, -0.2) is 0 Å². The van der Waals surface area contributed by atoms with Crippen LogP contribution in [0.4, 0.5) is 0 Å². The third-order valence-corrected chi connectivity index (χ3v) is 5.40. The van der Waals surface area contributed by atoms with Gasteiger partial charge in [0, 0.05) is 17.9 Å². The van der Waals surface area contributed by atoms with Crippen molar-refractivity contribution in [3.05, 3.63) is 69.7 Å². The fourth-order valence-corrected chi connectivity index (χ4v) is 3.60. The van der Waals surface area contributed by atoms with Crippen molar-refractivity contribution in [2.45, 2.75) is 6.54 Å². The minimum atomic E-state index is -0.000280. The quantitative estimate of drug-likeness (QED) is 0.701. The first-order chi connectivity index (χ1) is 11.6. The second-order valence-corrected chi connectivity index (χ2v) is 7.28. The number of carbonyl (C=O) groups is 1. The van der Waals surface area contributed by atoms with Crippen molar-refractivity contribution in [1.82, 2.24) is 4.90 Å². The summed E-state index contributed by atoms with van der Waals surface area (Å²) in [5.41, 5.74) is 1.71. The van der Waals surface area contributed by atoms with Crippen LogP contribution in [0.1, 0.15) is 15.9 Å². The number of Topliss-reactive ketones (excluding diaryl/α,β-unsaturated/α-hetero) is 1. The second-order valence-electron chi connectivity index (χ2n) is 5.41. The van der Waals surface area contributed by atoms with Crippen molar-refractivity contribution in [1.29, 1.82) is 0 Å². The molecule has 24 heavy (non-hydrogen) atoms. The fourth-order valence-electron chi connectivity index (χ4n) is 2.44. The summed E-state index contributed by atoms with van der Waals surface area (Å²) in [6.07, 6.45) is 0. The standard InChI is InChI=1S/C18H16Cl2N2OS/c19-15-7-6-14(10-16(15)20)17(23)12-22(18-21-8-9-24-18)11-13-4-2-1-3-5-13/h1-7,10H,8-9,11-12H2. The van der Waals surface area contributed by atoms with Crippen LogP contribution in [-0.2, 0) is 6.54 Å². The molecular weight excluding hydrogens is 363 g/mol. The van der Waals surface area contributed by atoms with Crippen LogP contribution in [-0.4, -0.2) is 34.7 Å². The number of halogens is 2. The van der Waals surface area contributed by atoms with Gasteiger partial charge in [-0.05, 0) is 23.8 Å². The molecule has 0 radical (unpaired) electrons. The minimum absolute atomic E-state index is 0.000280. The van der Waals surface area contributed by atoms with E-state index >= 15 is 0 Å². The summed E-state index contributed by atoms with van der Waals surface area (Å²) in [5, 5.41) is 1.77. The Morgan fingerprint density at radius 2 is 1.92 bits per heavy atom. The molecule has 3 rings (SSSR count). The molecule has 0 saturated carbocycles. The molecule has 0 N–H and O–H groups in total. The molecule has 0 aliphatic carbocycles. The van der Waals surface area contributed by atoms with E-state index in [-0.39, 0.29) is 12.3 Å². The lowest BCUT2D eigenvalue weighted by molar-refractivity contribution is 0.0962. The Morgan fingerprint density at radius 3 is 2.58 bits per heavy atom. The van der Waals surface area contributed by atoms with Crippen LogP contribution in [0.5, 0.6) is 0 Å². The van der Waals surface area contributed by atoms with Crippen molar-refractivity contribution in [2.24, 2.45) is 4.99 Å². The maximum Gasteiger partial charge on any atom is 0.182 e. The molecule has 1 heterocycles. The van der Waals surface area contributed by atoms with Gasteiger partial charge < -0.3 is 4.90 Å². The van der Waals surface area contributed by atoms with Crippen molar-refractivity contribution in [2.75, 3.05) is 18.8 Å². The van der Waals surface area contributed by atoms with E-state index in [0.717, 1.165) is 23.0 Å². The largest absolute Gasteiger partial charge is 0.339 e. The maximum absolute atomic E-state index is 12.7. The summed E-state index contributed by atoms with van der Waals surface area (Å²) in [5.74, 6) is 0.960. The van der Waals surface area contributed by atoms with E-state index in [9.17, 15) is 4.79 Å². The number of thioether (sulfide) groups is 1. The van der Waals surface area contributed by atoms with E-state index in [1.165, 1.54) is 0 Å². The van der Waals surface area contributed by atoms with Gasteiger partial charge in [0.1, 0.15) is 0 Å². The molecule has 1 aliphatic heterocycles. The predicted octanol–water partition coefficient (Wildman–Crippen LogP) is 4.78. The predicted molar refractivity (Wildman–Crippen MR) is 102 cm³/mol. The molecule has 2 aromatic carbocycles. The van der Waals surface area contributed by atoms with Gasteiger partial charge in [-0.15, -0.1) is 0 Å². The Bertz CT molecular complexity index is 765. The van der Waals surface area contributed by atoms with Crippen LogP contribution < -0.4 is 0 Å². The van der Waals surface area contributed by atoms with Gasteiger partial charge in [-0.2, -0.15) is 0 Å². The number of benzene rings is 2. The molecule has 0 aromatic heterocycles. The van der Waals surface area contributed by atoms with E-state index in [0.29, 0.717) is 22.2 Å². The van der Waals surface area contributed by atoms with Gasteiger partial charge in [0.15, 0.2) is 11.0 Å². The summed E-state index contributed by atoms with van der Waals surface area (Å²) >= 11 is 13.6. The van der Waals surface area contributed by atoms with Crippen LogP contribution in [0, 0.1) is 0 Å². The average Bonchev–Trinajstić information content (AvgIpc) is 3.12. The lowest BCUT2D eigenvalue weighted by Crippen LogP contribution is -2.33. The zero-order chi connectivity index (χ0) is 16.9. The Morgan fingerprint density at radius 1 is 1.12 bits per heavy atom. The van der Waals surface area contributed by atoms with Gasteiger partial charge in [0.2, 0.25) is 0 Å². The van der Waals surface area contributed by atoms with Gasteiger partial charge in [0.25, 0.3) is 0 Å². The topological polar surface area (TPSA) is 32.7 Å². The van der Waals surface area contributed by atoms with Crippen LogP contribution in [0.2, 0.25) is 10.0 Å². The lowest BCUT2D eigenvalue weighted by atomic mass is 10.1. The molecule has 1 aliphatic rings. The summed E-state index contributed by atoms with van der Waals surface area (Å²) in [6, 6.07) is 15.1. The molecule has 0 bridgehead atoms. The number of amidine groups is 1. The van der Waals surface area contributed by atoms with Crippen LogP contribution >= 0.6 is 35.0 Å². The fraction of sp³-hybridized carbons (Fsp3) is 0.222. The van der Waals surface area contributed by atoms with Crippen LogP contribution in [0.3, 0.4) is 0 Å². The monoisotopic (exact) mass is 378 g/mol. The molecule has 0 atom stereocenters. The zero-order valence-corrected chi connectivity index (χ0v) is 15.2. The molecule has 124 valence electrons. The number of rotatable bonds is 5. The van der Waals surface area contributed by atoms with E-state index < -0.39 is 0 Å². The second kappa shape index (κ2) is 8.06. The third kappa shape index (κ3) is 4.32. The number of hydrogen-bond donors (Lipinski definition) is 0. The number of aliphatic imine (C=N–C) groups is 1. The SMILES string of the molecule is O=C(CN(Cc1ccccc1)C1=NCCS1)c1ccc(Cl)c(Cl)c1. The summed E-state index contributed by atoms with van der Waals surface area (Å²) < 4.78 is 0. The molecular formula is C18H16Cl2N2OS. The summed E-state index contributed by atoms with van der Waals surface area (Å²) in [6.45, 7) is 1.71.